The number of rotatable bonds is 4. The Balaban J connectivity index is 2.24. The van der Waals surface area contributed by atoms with E-state index in [1.807, 2.05) is 16.8 Å². The molecule has 4 nitrogen and oxygen atoms in total. The molecule has 1 fully saturated rings. The molecule has 0 spiro atoms. The highest BCUT2D eigenvalue weighted by atomic mass is 16.2. The number of nitrogens with zero attached hydrogens (tertiary/aromatic N) is 3. The molecule has 0 unspecified atom stereocenters. The van der Waals surface area contributed by atoms with Gasteiger partial charge in [0, 0.05) is 26.1 Å². The van der Waals surface area contributed by atoms with Gasteiger partial charge in [0.15, 0.2) is 0 Å². The smallest absolute Gasteiger partial charge is 0.236 e. The van der Waals surface area contributed by atoms with Crippen LogP contribution in [-0.4, -0.2) is 48.9 Å². The highest BCUT2D eigenvalue weighted by Crippen LogP contribution is 2.08. The van der Waals surface area contributed by atoms with Gasteiger partial charge in [-0.15, -0.1) is 0 Å². The summed E-state index contributed by atoms with van der Waals surface area (Å²) >= 11 is 0. The van der Waals surface area contributed by atoms with Gasteiger partial charge in [0.1, 0.15) is 0 Å². The molecule has 1 aliphatic heterocycles. The van der Waals surface area contributed by atoms with Crippen LogP contribution in [0.25, 0.3) is 0 Å². The Labute approximate surface area is 91.5 Å². The monoisotopic (exact) mass is 209 g/mol. The third-order valence-corrected chi connectivity index (χ3v) is 2.72. The second kappa shape index (κ2) is 6.41. The Hall–Kier alpha value is -1.08. The number of hydrogen-bond donors (Lipinski definition) is 0. The summed E-state index contributed by atoms with van der Waals surface area (Å²) in [6.07, 6.45) is 4.00. The van der Waals surface area contributed by atoms with Crippen LogP contribution in [0.4, 0.5) is 0 Å². The number of likely N-dealkylation sites (N-methyl/N-ethyl adjacent to an activating group) is 1. The minimum absolute atomic E-state index is 0.204. The number of likely N-dealkylation sites (tertiary alicyclic amines) is 1. The van der Waals surface area contributed by atoms with E-state index in [4.69, 9.17) is 5.26 Å². The molecule has 15 heavy (non-hydrogen) atoms. The van der Waals surface area contributed by atoms with Crippen molar-refractivity contribution in [1.82, 2.24) is 9.80 Å². The zero-order chi connectivity index (χ0) is 11.1. The van der Waals surface area contributed by atoms with Gasteiger partial charge in [0.25, 0.3) is 0 Å². The third-order valence-electron chi connectivity index (χ3n) is 2.72. The Kier molecular flexibility index (Phi) is 5.13. The van der Waals surface area contributed by atoms with Crippen LogP contribution < -0.4 is 0 Å². The number of piperidine rings is 1. The van der Waals surface area contributed by atoms with Crippen molar-refractivity contribution in [1.29, 1.82) is 5.26 Å². The van der Waals surface area contributed by atoms with Gasteiger partial charge in [-0.3, -0.25) is 9.69 Å². The van der Waals surface area contributed by atoms with E-state index in [0.717, 1.165) is 25.9 Å². The van der Waals surface area contributed by atoms with Gasteiger partial charge in [0.2, 0.25) is 5.91 Å². The predicted molar refractivity (Wildman–Crippen MR) is 58.2 cm³/mol. The van der Waals surface area contributed by atoms with E-state index in [-0.39, 0.29) is 5.91 Å². The molecule has 0 atom stereocenters. The molecule has 0 aromatic carbocycles. The number of carbonyl (C=O) groups is 1. The van der Waals surface area contributed by atoms with Crippen molar-refractivity contribution < 1.29 is 4.79 Å². The molecule has 1 heterocycles. The van der Waals surface area contributed by atoms with Crippen LogP contribution in [0.15, 0.2) is 0 Å². The van der Waals surface area contributed by atoms with Gasteiger partial charge in [-0.2, -0.15) is 5.26 Å². The Morgan fingerprint density at radius 2 is 2.07 bits per heavy atom. The lowest BCUT2D eigenvalue weighted by molar-refractivity contribution is -0.132. The maximum absolute atomic E-state index is 11.8. The molecule has 1 amide bonds. The molecule has 1 saturated heterocycles. The molecule has 4 heteroatoms. The van der Waals surface area contributed by atoms with E-state index in [1.165, 1.54) is 6.42 Å². The summed E-state index contributed by atoms with van der Waals surface area (Å²) in [6.45, 7) is 2.94. The van der Waals surface area contributed by atoms with Crippen LogP contribution in [0.5, 0.6) is 0 Å². The fourth-order valence-corrected chi connectivity index (χ4v) is 1.79. The zero-order valence-electron chi connectivity index (χ0n) is 9.41. The molecule has 0 aromatic rings. The van der Waals surface area contributed by atoms with Crippen molar-refractivity contribution >= 4 is 5.91 Å². The predicted octanol–water partition coefficient (Wildman–Crippen LogP) is 0.844. The average Bonchev–Trinajstić information content (AvgIpc) is 2.27. The minimum Gasteiger partial charge on any atom is -0.342 e. The Morgan fingerprint density at radius 1 is 1.40 bits per heavy atom. The van der Waals surface area contributed by atoms with Crippen molar-refractivity contribution in [2.45, 2.75) is 25.7 Å². The van der Waals surface area contributed by atoms with Gasteiger partial charge >= 0.3 is 0 Å². The molecule has 84 valence electrons. The summed E-state index contributed by atoms with van der Waals surface area (Å²) in [5.41, 5.74) is 0. The molecule has 0 bridgehead atoms. The number of nitriles is 1. The largest absolute Gasteiger partial charge is 0.342 e. The molecule has 0 aromatic heterocycles. The minimum atomic E-state index is 0.204. The van der Waals surface area contributed by atoms with E-state index >= 15 is 0 Å². The van der Waals surface area contributed by atoms with Gasteiger partial charge in [-0.25, -0.2) is 0 Å². The maximum Gasteiger partial charge on any atom is 0.236 e. The van der Waals surface area contributed by atoms with Gasteiger partial charge in [0.05, 0.1) is 12.6 Å². The summed E-state index contributed by atoms with van der Waals surface area (Å²) in [5, 5.41) is 8.43. The maximum atomic E-state index is 11.8. The summed E-state index contributed by atoms with van der Waals surface area (Å²) in [4.78, 5) is 15.6. The van der Waals surface area contributed by atoms with E-state index in [2.05, 4.69) is 6.07 Å². The van der Waals surface area contributed by atoms with Crippen LogP contribution in [0.3, 0.4) is 0 Å². The fraction of sp³-hybridized carbons (Fsp3) is 0.818. The Morgan fingerprint density at radius 3 is 2.67 bits per heavy atom. The first kappa shape index (κ1) is 12.0. The second-order valence-electron chi connectivity index (χ2n) is 4.09. The van der Waals surface area contributed by atoms with Gasteiger partial charge < -0.3 is 4.90 Å². The molecule has 0 radical (unpaired) electrons. The van der Waals surface area contributed by atoms with Crippen molar-refractivity contribution in [2.75, 3.05) is 33.2 Å². The van der Waals surface area contributed by atoms with Crippen LogP contribution in [0.1, 0.15) is 25.7 Å². The highest BCUT2D eigenvalue weighted by molar-refractivity contribution is 5.78. The van der Waals surface area contributed by atoms with E-state index in [0.29, 0.717) is 19.5 Å². The van der Waals surface area contributed by atoms with Crippen molar-refractivity contribution in [3.8, 4) is 6.07 Å². The standard InChI is InChI=1S/C11H19N3O/c1-13(7-5-6-12)10-11(15)14-8-3-2-4-9-14/h2-5,7-10H2,1H3. The fourth-order valence-electron chi connectivity index (χ4n) is 1.79. The molecule has 0 aliphatic carbocycles. The lowest BCUT2D eigenvalue weighted by Gasteiger charge is -2.28. The van der Waals surface area contributed by atoms with Crippen molar-refractivity contribution in [2.24, 2.45) is 0 Å². The average molecular weight is 209 g/mol. The molecule has 1 aliphatic rings. The first-order chi connectivity index (χ1) is 7.24. The van der Waals surface area contributed by atoms with Crippen molar-refractivity contribution in [3.63, 3.8) is 0 Å². The molecule has 0 N–H and O–H groups in total. The molecular weight excluding hydrogens is 190 g/mol. The zero-order valence-corrected chi connectivity index (χ0v) is 9.41. The third kappa shape index (κ3) is 4.30. The normalized spacial score (nSPS) is 16.5. The number of amides is 1. The summed E-state index contributed by atoms with van der Waals surface area (Å²) in [5.74, 6) is 0.204. The molecular formula is C11H19N3O. The quantitative estimate of drug-likeness (QED) is 0.689. The first-order valence-corrected chi connectivity index (χ1v) is 5.57. The van der Waals surface area contributed by atoms with Gasteiger partial charge in [-0.1, -0.05) is 0 Å². The lowest BCUT2D eigenvalue weighted by atomic mass is 10.1. The summed E-state index contributed by atoms with van der Waals surface area (Å²) in [6, 6.07) is 2.08. The first-order valence-electron chi connectivity index (χ1n) is 5.57. The SMILES string of the molecule is CN(CCC#N)CC(=O)N1CCCCC1. The Bertz CT molecular complexity index is 241. The summed E-state index contributed by atoms with van der Waals surface area (Å²) < 4.78 is 0. The van der Waals surface area contributed by atoms with Gasteiger partial charge in [-0.05, 0) is 26.3 Å². The second-order valence-corrected chi connectivity index (χ2v) is 4.09. The van der Waals surface area contributed by atoms with Crippen LogP contribution in [-0.2, 0) is 4.79 Å². The van der Waals surface area contributed by atoms with Crippen LogP contribution in [0, 0.1) is 11.3 Å². The molecule has 0 saturated carbocycles. The topological polar surface area (TPSA) is 47.3 Å². The van der Waals surface area contributed by atoms with Crippen molar-refractivity contribution in [3.05, 3.63) is 0 Å². The number of carbonyl (C=O) groups excluding carboxylic acids is 1. The van der Waals surface area contributed by atoms with Crippen LogP contribution in [0.2, 0.25) is 0 Å². The highest BCUT2D eigenvalue weighted by Gasteiger charge is 2.17. The van der Waals surface area contributed by atoms with E-state index < -0.39 is 0 Å². The summed E-state index contributed by atoms with van der Waals surface area (Å²) in [7, 11) is 1.89. The number of hydrogen-bond acceptors (Lipinski definition) is 3. The molecule has 1 rings (SSSR count). The van der Waals surface area contributed by atoms with E-state index in [9.17, 15) is 4.79 Å². The van der Waals surface area contributed by atoms with Crippen LogP contribution >= 0.6 is 0 Å². The van der Waals surface area contributed by atoms with E-state index in [1.54, 1.807) is 0 Å². The lowest BCUT2D eigenvalue weighted by Crippen LogP contribution is -2.41.